The van der Waals surface area contributed by atoms with Crippen LogP contribution in [0, 0.1) is 13.8 Å². The lowest BCUT2D eigenvalue weighted by Gasteiger charge is -2.07. The smallest absolute Gasteiger partial charge is 0.152 e. The zero-order valence-corrected chi connectivity index (χ0v) is 9.82. The van der Waals surface area contributed by atoms with Gasteiger partial charge in [0, 0.05) is 16.3 Å². The molecule has 0 fully saturated rings. The Labute approximate surface area is 98.7 Å². The topological polar surface area (TPSA) is 34.9 Å². The van der Waals surface area contributed by atoms with Crippen molar-refractivity contribution in [3.05, 3.63) is 46.2 Å². The molecule has 1 aromatic carbocycles. The van der Waals surface area contributed by atoms with Gasteiger partial charge in [-0.25, -0.2) is 4.68 Å². The minimum atomic E-state index is 0.579. The van der Waals surface area contributed by atoms with Gasteiger partial charge < -0.3 is 0 Å². The largest absolute Gasteiger partial charge is 0.298 e. The van der Waals surface area contributed by atoms with Gasteiger partial charge in [-0.05, 0) is 38.1 Å². The van der Waals surface area contributed by atoms with Crippen LogP contribution in [0.3, 0.4) is 0 Å². The van der Waals surface area contributed by atoms with E-state index in [1.807, 2.05) is 19.9 Å². The third kappa shape index (κ3) is 1.86. The molecule has 0 aliphatic rings. The van der Waals surface area contributed by atoms with Crippen LogP contribution in [-0.2, 0) is 0 Å². The number of carbonyl (C=O) groups excluding carboxylic acids is 1. The second kappa shape index (κ2) is 4.10. The van der Waals surface area contributed by atoms with Crippen molar-refractivity contribution in [2.45, 2.75) is 13.8 Å². The average Bonchev–Trinajstić information content (AvgIpc) is 2.57. The van der Waals surface area contributed by atoms with Gasteiger partial charge in [-0.2, -0.15) is 5.10 Å². The molecule has 0 saturated carbocycles. The molecule has 0 radical (unpaired) electrons. The van der Waals surface area contributed by atoms with Crippen LogP contribution >= 0.6 is 11.6 Å². The fourth-order valence-corrected chi connectivity index (χ4v) is 1.84. The summed E-state index contributed by atoms with van der Waals surface area (Å²) in [6.07, 6.45) is 0.808. The second-order valence-electron chi connectivity index (χ2n) is 3.66. The number of benzene rings is 1. The molecule has 4 heteroatoms. The first-order valence-electron chi connectivity index (χ1n) is 4.90. The van der Waals surface area contributed by atoms with Crippen LogP contribution in [0.15, 0.2) is 24.3 Å². The summed E-state index contributed by atoms with van der Waals surface area (Å²) < 4.78 is 1.73. The molecule has 0 atom stereocenters. The fraction of sp³-hybridized carbons (Fsp3) is 0.167. The molecule has 1 aromatic heterocycles. The molecule has 82 valence electrons. The van der Waals surface area contributed by atoms with Gasteiger partial charge in [0.2, 0.25) is 0 Å². The molecule has 3 nitrogen and oxygen atoms in total. The zero-order valence-electron chi connectivity index (χ0n) is 9.07. The Morgan fingerprint density at radius 2 is 2.06 bits per heavy atom. The van der Waals surface area contributed by atoms with Gasteiger partial charge in [0.25, 0.3) is 0 Å². The predicted molar refractivity (Wildman–Crippen MR) is 63.4 cm³/mol. The minimum Gasteiger partial charge on any atom is -0.298 e. The molecule has 0 aliphatic heterocycles. The first-order valence-corrected chi connectivity index (χ1v) is 5.28. The summed E-state index contributed by atoms with van der Waals surface area (Å²) in [5.41, 5.74) is 3.18. The Balaban J connectivity index is 2.66. The van der Waals surface area contributed by atoms with E-state index >= 15 is 0 Å². The summed E-state index contributed by atoms with van der Waals surface area (Å²) in [5.74, 6) is 0. The van der Waals surface area contributed by atoms with E-state index < -0.39 is 0 Å². The molecule has 0 spiro atoms. The standard InChI is InChI=1S/C12H11ClN2O/c1-8-5-9(2)15(14-8)12-6-11(13)4-3-10(12)7-16/h3-7H,1-2H3. The summed E-state index contributed by atoms with van der Waals surface area (Å²) >= 11 is 5.93. The highest BCUT2D eigenvalue weighted by molar-refractivity contribution is 6.30. The van der Waals surface area contributed by atoms with Crippen LogP contribution in [0.25, 0.3) is 5.69 Å². The molecule has 1 heterocycles. The third-order valence-corrected chi connectivity index (χ3v) is 2.59. The van der Waals surface area contributed by atoms with E-state index in [2.05, 4.69) is 5.10 Å². The lowest BCUT2D eigenvalue weighted by molar-refractivity contribution is 0.112. The van der Waals surface area contributed by atoms with Crippen molar-refractivity contribution in [1.29, 1.82) is 0 Å². The van der Waals surface area contributed by atoms with Crippen LogP contribution in [0.5, 0.6) is 0 Å². The molecular formula is C12H11ClN2O. The summed E-state index contributed by atoms with van der Waals surface area (Å²) in [7, 11) is 0. The van der Waals surface area contributed by atoms with Gasteiger partial charge in [-0.15, -0.1) is 0 Å². The van der Waals surface area contributed by atoms with Crippen molar-refractivity contribution in [3.63, 3.8) is 0 Å². The molecule has 2 aromatic rings. The van der Waals surface area contributed by atoms with Crippen LogP contribution in [0.4, 0.5) is 0 Å². The molecule has 0 N–H and O–H groups in total. The molecule has 0 unspecified atom stereocenters. The summed E-state index contributed by atoms with van der Waals surface area (Å²) in [4.78, 5) is 10.9. The van der Waals surface area contributed by atoms with Crippen LogP contribution in [0.1, 0.15) is 21.7 Å². The van der Waals surface area contributed by atoms with Gasteiger partial charge in [0.05, 0.1) is 11.4 Å². The first kappa shape index (κ1) is 10.9. The van der Waals surface area contributed by atoms with Crippen LogP contribution in [0.2, 0.25) is 5.02 Å². The van der Waals surface area contributed by atoms with Crippen molar-refractivity contribution in [2.24, 2.45) is 0 Å². The molecule has 16 heavy (non-hydrogen) atoms. The Hall–Kier alpha value is -1.61. The third-order valence-electron chi connectivity index (χ3n) is 2.36. The fourth-order valence-electron chi connectivity index (χ4n) is 1.67. The van der Waals surface area contributed by atoms with E-state index in [4.69, 9.17) is 11.6 Å². The molecule has 0 amide bonds. The molecule has 0 bridgehead atoms. The Morgan fingerprint density at radius 3 is 2.62 bits per heavy atom. The Morgan fingerprint density at radius 1 is 1.31 bits per heavy atom. The average molecular weight is 235 g/mol. The number of carbonyl (C=O) groups is 1. The Kier molecular flexibility index (Phi) is 2.79. The number of hydrogen-bond acceptors (Lipinski definition) is 2. The van der Waals surface area contributed by atoms with E-state index in [0.717, 1.165) is 17.7 Å². The highest BCUT2D eigenvalue weighted by atomic mass is 35.5. The highest BCUT2D eigenvalue weighted by Gasteiger charge is 2.09. The maximum Gasteiger partial charge on any atom is 0.152 e. The normalized spacial score (nSPS) is 10.4. The minimum absolute atomic E-state index is 0.579. The number of aromatic nitrogens is 2. The molecule has 0 saturated heterocycles. The lowest BCUT2D eigenvalue weighted by atomic mass is 10.2. The zero-order chi connectivity index (χ0) is 11.7. The second-order valence-corrected chi connectivity index (χ2v) is 4.10. The van der Waals surface area contributed by atoms with E-state index in [9.17, 15) is 4.79 Å². The number of aryl methyl sites for hydroxylation is 2. The van der Waals surface area contributed by atoms with E-state index in [-0.39, 0.29) is 0 Å². The van der Waals surface area contributed by atoms with Crippen molar-refractivity contribution in [1.82, 2.24) is 9.78 Å². The number of hydrogen-bond donors (Lipinski definition) is 0. The first-order chi connectivity index (χ1) is 7.61. The molecule has 0 aliphatic carbocycles. The number of rotatable bonds is 2. The van der Waals surface area contributed by atoms with Crippen molar-refractivity contribution >= 4 is 17.9 Å². The summed E-state index contributed by atoms with van der Waals surface area (Å²) in [6.45, 7) is 3.85. The maximum absolute atomic E-state index is 10.9. The van der Waals surface area contributed by atoms with E-state index in [1.54, 1.807) is 22.9 Å². The summed E-state index contributed by atoms with van der Waals surface area (Å²) in [6, 6.07) is 7.09. The van der Waals surface area contributed by atoms with Gasteiger partial charge in [0.1, 0.15) is 0 Å². The molecular weight excluding hydrogens is 224 g/mol. The SMILES string of the molecule is Cc1cc(C)n(-c2cc(Cl)ccc2C=O)n1. The predicted octanol–water partition coefficient (Wildman–Crippen LogP) is 2.96. The maximum atomic E-state index is 10.9. The van der Waals surface area contributed by atoms with Crippen LogP contribution < -0.4 is 0 Å². The quantitative estimate of drug-likeness (QED) is 0.749. The number of nitrogens with zero attached hydrogens (tertiary/aromatic N) is 2. The monoisotopic (exact) mass is 234 g/mol. The van der Waals surface area contributed by atoms with Crippen molar-refractivity contribution in [3.8, 4) is 5.69 Å². The van der Waals surface area contributed by atoms with Crippen molar-refractivity contribution in [2.75, 3.05) is 0 Å². The van der Waals surface area contributed by atoms with Crippen molar-refractivity contribution < 1.29 is 4.79 Å². The summed E-state index contributed by atoms with van der Waals surface area (Å²) in [5, 5.41) is 4.92. The number of halogens is 1. The van der Waals surface area contributed by atoms with Gasteiger partial charge in [-0.1, -0.05) is 11.6 Å². The number of aldehydes is 1. The van der Waals surface area contributed by atoms with Gasteiger partial charge in [-0.3, -0.25) is 4.79 Å². The van der Waals surface area contributed by atoms with E-state index in [0.29, 0.717) is 16.3 Å². The van der Waals surface area contributed by atoms with Gasteiger partial charge >= 0.3 is 0 Å². The van der Waals surface area contributed by atoms with Crippen LogP contribution in [-0.4, -0.2) is 16.1 Å². The molecule has 2 rings (SSSR count). The highest BCUT2D eigenvalue weighted by Crippen LogP contribution is 2.20. The van der Waals surface area contributed by atoms with E-state index in [1.165, 1.54) is 0 Å². The lowest BCUT2D eigenvalue weighted by Crippen LogP contribution is -2.03. The van der Waals surface area contributed by atoms with Gasteiger partial charge in [0.15, 0.2) is 6.29 Å². The Bertz CT molecular complexity index is 546.